The second-order valence-electron chi connectivity index (χ2n) is 14.7. The third-order valence-corrected chi connectivity index (χ3v) is 10.2. The summed E-state index contributed by atoms with van der Waals surface area (Å²) in [6, 6.07) is 28.5. The third-order valence-electron chi connectivity index (χ3n) is 10.2. The molecule has 1 aliphatic rings. The van der Waals surface area contributed by atoms with Crippen LogP contribution in [0.1, 0.15) is 101 Å². The summed E-state index contributed by atoms with van der Waals surface area (Å²) in [7, 11) is 0. The molecule has 3 heterocycles. The van der Waals surface area contributed by atoms with E-state index >= 15 is 0 Å². The second-order valence-corrected chi connectivity index (χ2v) is 14.7. The first-order valence-electron chi connectivity index (χ1n) is 18.0. The van der Waals surface area contributed by atoms with E-state index in [1.165, 1.54) is 39.8 Å². The van der Waals surface area contributed by atoms with Gasteiger partial charge in [0.25, 0.3) is 0 Å². The van der Waals surface area contributed by atoms with Gasteiger partial charge in [0, 0.05) is 40.4 Å². The van der Waals surface area contributed by atoms with Gasteiger partial charge >= 0.3 is 21.1 Å². The Bertz CT molecular complexity index is 2190. The Morgan fingerprint density at radius 3 is 2.48 bits per heavy atom. The van der Waals surface area contributed by atoms with E-state index in [2.05, 4.69) is 137 Å². The van der Waals surface area contributed by atoms with Crippen molar-refractivity contribution in [2.45, 2.75) is 92.9 Å². The largest absolute Gasteiger partial charge is 2.00 e. The SMILES string of the molecule is CCc1ccnc(-n2c3[c-]c(Oc4[c-]c(-n5nc(C)c(C6C(C)=CCC[C@@H]6C)c5CC(C)C)cc(C(C)C)c4)ccc3c3ccccc32)c1.[Pt+2]. The molecule has 0 amide bonds. The van der Waals surface area contributed by atoms with Crippen LogP contribution in [0.25, 0.3) is 33.3 Å². The van der Waals surface area contributed by atoms with Gasteiger partial charge in [0.15, 0.2) is 0 Å². The Balaban J connectivity index is 0.00000432. The molecule has 0 N–H and O–H groups in total. The smallest absolute Gasteiger partial charge is 0.509 e. The molecule has 6 aromatic rings. The van der Waals surface area contributed by atoms with Gasteiger partial charge in [-0.1, -0.05) is 76.9 Å². The summed E-state index contributed by atoms with van der Waals surface area (Å²) in [5.41, 5.74) is 10.7. The van der Waals surface area contributed by atoms with Crippen molar-refractivity contribution in [3.8, 4) is 23.0 Å². The van der Waals surface area contributed by atoms with Crippen LogP contribution < -0.4 is 4.74 Å². The number of pyridine rings is 1. The molecule has 1 aliphatic carbocycles. The van der Waals surface area contributed by atoms with Crippen molar-refractivity contribution in [3.05, 3.63) is 119 Å². The van der Waals surface area contributed by atoms with E-state index in [4.69, 9.17) is 14.8 Å². The molecular weight excluding hydrogens is 796 g/mol. The fraction of sp³-hybridized carbons (Fsp3) is 0.364. The summed E-state index contributed by atoms with van der Waals surface area (Å²) >= 11 is 0. The maximum absolute atomic E-state index is 6.68. The van der Waals surface area contributed by atoms with E-state index in [9.17, 15) is 0 Å². The molecule has 0 saturated heterocycles. The van der Waals surface area contributed by atoms with E-state index < -0.39 is 0 Å². The molecule has 0 bridgehead atoms. The molecule has 260 valence electrons. The Morgan fingerprint density at radius 2 is 1.74 bits per heavy atom. The number of hydrogen-bond acceptors (Lipinski definition) is 3. The molecule has 0 spiro atoms. The summed E-state index contributed by atoms with van der Waals surface area (Å²) < 4.78 is 11.0. The molecule has 0 radical (unpaired) electrons. The average molecular weight is 844 g/mol. The average Bonchev–Trinajstić information content (AvgIpc) is 3.58. The maximum Gasteiger partial charge on any atom is 2.00 e. The minimum Gasteiger partial charge on any atom is -0.509 e. The number of para-hydroxylation sites is 1. The van der Waals surface area contributed by atoms with Crippen LogP contribution in [-0.4, -0.2) is 19.3 Å². The van der Waals surface area contributed by atoms with Crippen LogP contribution in [0.4, 0.5) is 0 Å². The van der Waals surface area contributed by atoms with Crippen molar-refractivity contribution in [1.29, 1.82) is 0 Å². The monoisotopic (exact) mass is 843 g/mol. The number of benzene rings is 3. The van der Waals surface area contributed by atoms with Crippen LogP contribution in [0, 0.1) is 30.9 Å². The van der Waals surface area contributed by atoms with Crippen molar-refractivity contribution >= 4 is 21.8 Å². The molecule has 0 fully saturated rings. The minimum atomic E-state index is 0. The van der Waals surface area contributed by atoms with E-state index in [1.54, 1.807) is 0 Å². The third kappa shape index (κ3) is 6.74. The zero-order valence-electron chi connectivity index (χ0n) is 30.6. The van der Waals surface area contributed by atoms with Gasteiger partial charge in [-0.3, -0.25) is 4.68 Å². The van der Waals surface area contributed by atoms with Gasteiger partial charge in [-0.25, -0.2) is 4.98 Å². The number of ether oxygens (including phenoxy) is 1. The van der Waals surface area contributed by atoms with Gasteiger partial charge in [0.1, 0.15) is 5.82 Å². The molecular formula is C44H48N4OPt. The summed E-state index contributed by atoms with van der Waals surface area (Å²) in [6.07, 6.45) is 8.59. The molecule has 0 saturated carbocycles. The minimum absolute atomic E-state index is 0. The number of aromatic nitrogens is 4. The molecule has 5 nitrogen and oxygen atoms in total. The van der Waals surface area contributed by atoms with E-state index in [0.29, 0.717) is 35.2 Å². The first kappa shape index (κ1) is 35.9. The van der Waals surface area contributed by atoms with Crippen LogP contribution in [0.3, 0.4) is 0 Å². The second kappa shape index (κ2) is 14.7. The fourth-order valence-electron chi connectivity index (χ4n) is 7.75. The first-order chi connectivity index (χ1) is 23.6. The van der Waals surface area contributed by atoms with Gasteiger partial charge in [0.2, 0.25) is 0 Å². The Labute approximate surface area is 312 Å². The van der Waals surface area contributed by atoms with E-state index in [0.717, 1.165) is 52.9 Å². The predicted octanol–water partition coefficient (Wildman–Crippen LogP) is 11.4. The van der Waals surface area contributed by atoms with Gasteiger partial charge in [-0.2, -0.15) is 11.2 Å². The van der Waals surface area contributed by atoms with Crippen molar-refractivity contribution in [3.63, 3.8) is 0 Å². The number of rotatable bonds is 9. The summed E-state index contributed by atoms with van der Waals surface area (Å²) in [4.78, 5) is 4.78. The van der Waals surface area contributed by atoms with Crippen LogP contribution in [-0.2, 0) is 33.9 Å². The number of allylic oxidation sites excluding steroid dienone is 2. The van der Waals surface area contributed by atoms with E-state index in [1.807, 2.05) is 12.3 Å². The fourth-order valence-corrected chi connectivity index (χ4v) is 7.75. The molecule has 2 atom stereocenters. The van der Waals surface area contributed by atoms with Crippen molar-refractivity contribution < 1.29 is 25.8 Å². The first-order valence-corrected chi connectivity index (χ1v) is 18.0. The van der Waals surface area contributed by atoms with Gasteiger partial charge < -0.3 is 9.30 Å². The van der Waals surface area contributed by atoms with Gasteiger partial charge in [-0.05, 0) is 92.1 Å². The topological polar surface area (TPSA) is 44.9 Å². The number of hydrogen-bond donors (Lipinski definition) is 0. The summed E-state index contributed by atoms with van der Waals surface area (Å²) in [5.74, 6) is 3.95. The van der Waals surface area contributed by atoms with Crippen LogP contribution >= 0.6 is 0 Å². The van der Waals surface area contributed by atoms with Crippen LogP contribution in [0.15, 0.2) is 78.5 Å². The molecule has 7 rings (SSSR count). The Hall–Kier alpha value is -3.95. The van der Waals surface area contributed by atoms with E-state index in [-0.39, 0.29) is 21.1 Å². The molecule has 3 aromatic heterocycles. The summed E-state index contributed by atoms with van der Waals surface area (Å²) in [6.45, 7) is 18.1. The predicted molar refractivity (Wildman–Crippen MR) is 202 cm³/mol. The normalized spacial score (nSPS) is 16.3. The quantitative estimate of drug-likeness (QED) is 0.108. The Morgan fingerprint density at radius 1 is 0.940 bits per heavy atom. The molecule has 50 heavy (non-hydrogen) atoms. The van der Waals surface area contributed by atoms with Crippen molar-refractivity contribution in [2.75, 3.05) is 0 Å². The van der Waals surface area contributed by atoms with Crippen LogP contribution in [0.2, 0.25) is 0 Å². The summed E-state index contributed by atoms with van der Waals surface area (Å²) in [5, 5.41) is 7.52. The Kier molecular flexibility index (Phi) is 10.6. The van der Waals surface area contributed by atoms with Crippen molar-refractivity contribution in [2.24, 2.45) is 11.8 Å². The maximum atomic E-state index is 6.68. The molecule has 6 heteroatoms. The zero-order valence-corrected chi connectivity index (χ0v) is 32.9. The van der Waals surface area contributed by atoms with Gasteiger partial charge in [-0.15, -0.1) is 41.3 Å². The van der Waals surface area contributed by atoms with Crippen LogP contribution in [0.5, 0.6) is 11.5 Å². The molecule has 3 aromatic carbocycles. The number of fused-ring (bicyclic) bond motifs is 3. The number of nitrogens with zero attached hydrogens (tertiary/aromatic N) is 4. The van der Waals surface area contributed by atoms with Gasteiger partial charge in [0.05, 0.1) is 5.69 Å². The zero-order chi connectivity index (χ0) is 34.4. The molecule has 0 aliphatic heterocycles. The van der Waals surface area contributed by atoms with Crippen molar-refractivity contribution in [1.82, 2.24) is 19.3 Å². The molecule has 1 unspecified atom stereocenters. The standard InChI is InChI=1S/C44H48N4O.Pt/c1-9-32-19-20-45-42(22-32)47-39-16-11-10-15-37(39)38-18-17-35(26-40(38)47)49-36-24-33(28(4)5)23-34(25-36)48-41(21-27(2)3)44(31(8)46-48)43-29(6)13-12-14-30(43)7;/h10-11,13,15-20,22-24,27-28,30,43H,9,12,14,21H2,1-8H3;/q-2;+2/t30-,43?;/m0./s1. The number of aryl methyl sites for hydroxylation is 2.